The van der Waals surface area contributed by atoms with E-state index >= 15 is 0 Å². The number of guanidine groups is 1. The molecule has 2 aromatic heterocycles. The maximum absolute atomic E-state index is 12.1. The lowest BCUT2D eigenvalue weighted by atomic mass is 10.4. The molecule has 0 aliphatic rings. The fourth-order valence-corrected chi connectivity index (χ4v) is 3.82. The molecule has 0 fully saturated rings. The van der Waals surface area contributed by atoms with Crippen molar-refractivity contribution >= 4 is 27.3 Å². The van der Waals surface area contributed by atoms with E-state index < -0.39 is 10.0 Å². The van der Waals surface area contributed by atoms with Crippen LogP contribution in [0.1, 0.15) is 15.6 Å². The Labute approximate surface area is 151 Å². The Hall–Kier alpha value is -2.04. The second-order valence-electron chi connectivity index (χ2n) is 5.19. The minimum Gasteiger partial charge on any atom is -0.355 e. The Morgan fingerprint density at radius 2 is 2.08 bits per heavy atom. The lowest BCUT2D eigenvalue weighted by molar-refractivity contribution is 0.580. The third-order valence-electron chi connectivity index (χ3n) is 3.36. The number of aryl methyl sites for hydroxylation is 2. The molecule has 8 nitrogen and oxygen atoms in total. The molecule has 0 saturated carbocycles. The average molecular weight is 383 g/mol. The molecule has 0 saturated heterocycles. The van der Waals surface area contributed by atoms with Crippen LogP contribution in [0.25, 0.3) is 0 Å². The molecular weight excluding hydrogens is 360 g/mol. The second-order valence-corrected chi connectivity index (χ2v) is 8.24. The fraction of sp³-hybridized carbons (Fsp3) is 0.400. The Bertz CT molecular complexity index is 798. The molecule has 10 heteroatoms. The van der Waals surface area contributed by atoms with Crippen molar-refractivity contribution in [3.8, 4) is 0 Å². The molecule has 2 heterocycles. The molecule has 2 rings (SSSR count). The maximum Gasteiger partial charge on any atom is 0.242 e. The smallest absolute Gasteiger partial charge is 0.242 e. The molecule has 2 aromatic rings. The molecule has 0 radical (unpaired) electrons. The van der Waals surface area contributed by atoms with Crippen LogP contribution in [-0.2, 0) is 16.6 Å². The van der Waals surface area contributed by atoms with Crippen LogP contribution in [0.2, 0.25) is 0 Å². The van der Waals surface area contributed by atoms with Crippen LogP contribution >= 0.6 is 11.3 Å². The van der Waals surface area contributed by atoms with Gasteiger partial charge in [0.15, 0.2) is 5.96 Å². The first-order chi connectivity index (χ1) is 11.9. The van der Waals surface area contributed by atoms with E-state index in [9.17, 15) is 8.42 Å². The van der Waals surface area contributed by atoms with Crippen LogP contribution in [0, 0.1) is 13.8 Å². The lowest BCUT2D eigenvalue weighted by Crippen LogP contribution is -2.41. The molecule has 0 spiro atoms. The van der Waals surface area contributed by atoms with Crippen molar-refractivity contribution in [2.75, 3.05) is 20.1 Å². The zero-order valence-electron chi connectivity index (χ0n) is 14.4. The largest absolute Gasteiger partial charge is 0.355 e. The second kappa shape index (κ2) is 8.88. The number of rotatable bonds is 7. The highest BCUT2D eigenvalue weighted by Crippen LogP contribution is 2.15. The van der Waals surface area contributed by atoms with Crippen LogP contribution in [0.4, 0.5) is 0 Å². The van der Waals surface area contributed by atoms with Gasteiger partial charge in [0, 0.05) is 37.4 Å². The van der Waals surface area contributed by atoms with Gasteiger partial charge in [-0.05, 0) is 26.0 Å². The molecule has 0 unspecified atom stereocenters. The van der Waals surface area contributed by atoms with Gasteiger partial charge in [0.05, 0.1) is 12.2 Å². The predicted octanol–water partition coefficient (Wildman–Crippen LogP) is 0.798. The van der Waals surface area contributed by atoms with E-state index in [-0.39, 0.29) is 11.4 Å². The van der Waals surface area contributed by atoms with Crippen LogP contribution in [0.3, 0.4) is 0 Å². The first kappa shape index (κ1) is 19.3. The number of nitrogens with one attached hydrogen (secondary N) is 3. The summed E-state index contributed by atoms with van der Waals surface area (Å²) in [6.45, 7) is 5.22. The third kappa shape index (κ3) is 5.76. The first-order valence-electron chi connectivity index (χ1n) is 7.69. The van der Waals surface area contributed by atoms with Crippen LogP contribution < -0.4 is 15.4 Å². The van der Waals surface area contributed by atoms with Gasteiger partial charge in [0.25, 0.3) is 0 Å². The van der Waals surface area contributed by atoms with Crippen molar-refractivity contribution in [1.29, 1.82) is 0 Å². The summed E-state index contributed by atoms with van der Waals surface area (Å²) >= 11 is 1.64. The molecule has 0 aromatic carbocycles. The molecule has 136 valence electrons. The van der Waals surface area contributed by atoms with Crippen LogP contribution in [-0.4, -0.2) is 44.5 Å². The lowest BCUT2D eigenvalue weighted by Gasteiger charge is -2.11. The van der Waals surface area contributed by atoms with Crippen LogP contribution in [0.5, 0.6) is 0 Å². The van der Waals surface area contributed by atoms with E-state index in [1.165, 1.54) is 23.3 Å². The third-order valence-corrected chi connectivity index (χ3v) is 5.88. The standard InChI is InChI=1S/C15H22N6O2S2/c1-11-12(2)24-14(21-11)10-19-15(16-3)18-7-8-20-25(22,23)13-5-4-6-17-9-13/h4-6,9,20H,7-8,10H2,1-3H3,(H2,16,18,19). The van der Waals surface area contributed by atoms with E-state index in [1.807, 2.05) is 13.8 Å². The van der Waals surface area contributed by atoms with Gasteiger partial charge in [-0.25, -0.2) is 18.1 Å². The predicted molar refractivity (Wildman–Crippen MR) is 99.2 cm³/mol. The number of thiazole rings is 1. The van der Waals surface area contributed by atoms with E-state index in [1.54, 1.807) is 24.5 Å². The number of pyridine rings is 1. The molecule has 0 aliphatic heterocycles. The monoisotopic (exact) mass is 382 g/mol. The van der Waals surface area contributed by atoms with Gasteiger partial charge in [0.2, 0.25) is 10.0 Å². The Balaban J connectivity index is 1.76. The van der Waals surface area contributed by atoms with E-state index in [0.29, 0.717) is 19.0 Å². The van der Waals surface area contributed by atoms with Crippen molar-refractivity contribution in [2.24, 2.45) is 4.99 Å². The highest BCUT2D eigenvalue weighted by Gasteiger charge is 2.12. The summed E-state index contributed by atoms with van der Waals surface area (Å²) in [5.74, 6) is 0.589. The van der Waals surface area contributed by atoms with Gasteiger partial charge in [-0.15, -0.1) is 11.3 Å². The number of hydrogen-bond acceptors (Lipinski definition) is 6. The summed E-state index contributed by atoms with van der Waals surface area (Å²) in [6.07, 6.45) is 2.84. The Morgan fingerprint density at radius 3 is 2.68 bits per heavy atom. The molecule has 0 amide bonds. The quantitative estimate of drug-likeness (QED) is 0.371. The zero-order valence-corrected chi connectivity index (χ0v) is 16.0. The van der Waals surface area contributed by atoms with Crippen molar-refractivity contribution in [3.05, 3.63) is 40.1 Å². The van der Waals surface area contributed by atoms with E-state index in [2.05, 4.69) is 30.3 Å². The summed E-state index contributed by atoms with van der Waals surface area (Å²) in [5.41, 5.74) is 1.04. The minimum atomic E-state index is -3.54. The number of aliphatic imine (C=N–C) groups is 1. The topological polar surface area (TPSA) is 108 Å². The summed E-state index contributed by atoms with van der Waals surface area (Å²) in [7, 11) is -1.88. The van der Waals surface area contributed by atoms with Gasteiger partial charge < -0.3 is 10.6 Å². The number of nitrogens with zero attached hydrogens (tertiary/aromatic N) is 3. The number of hydrogen-bond donors (Lipinski definition) is 3. The van der Waals surface area contributed by atoms with Crippen molar-refractivity contribution in [3.63, 3.8) is 0 Å². The summed E-state index contributed by atoms with van der Waals surface area (Å²) in [4.78, 5) is 13.7. The first-order valence-corrected chi connectivity index (χ1v) is 9.99. The zero-order chi connectivity index (χ0) is 18.3. The SMILES string of the molecule is CN=C(NCCNS(=O)(=O)c1cccnc1)NCc1nc(C)c(C)s1. The summed E-state index contributed by atoms with van der Waals surface area (Å²) in [5, 5.41) is 7.20. The molecule has 0 aliphatic carbocycles. The maximum atomic E-state index is 12.1. The number of aromatic nitrogens is 2. The number of sulfonamides is 1. The van der Waals surface area contributed by atoms with Gasteiger partial charge in [-0.1, -0.05) is 0 Å². The van der Waals surface area contributed by atoms with E-state index in [4.69, 9.17) is 0 Å². The molecule has 0 atom stereocenters. The summed E-state index contributed by atoms with van der Waals surface area (Å²) in [6, 6.07) is 3.09. The highest BCUT2D eigenvalue weighted by molar-refractivity contribution is 7.89. The Morgan fingerprint density at radius 1 is 1.28 bits per heavy atom. The average Bonchev–Trinajstić information content (AvgIpc) is 2.93. The van der Waals surface area contributed by atoms with Gasteiger partial charge in [-0.3, -0.25) is 9.98 Å². The molecule has 3 N–H and O–H groups in total. The van der Waals surface area contributed by atoms with Gasteiger partial charge in [-0.2, -0.15) is 0 Å². The molecular formula is C15H22N6O2S2. The van der Waals surface area contributed by atoms with Crippen LogP contribution in [0.15, 0.2) is 34.4 Å². The van der Waals surface area contributed by atoms with Crippen molar-refractivity contribution in [1.82, 2.24) is 25.3 Å². The minimum absolute atomic E-state index is 0.145. The molecule has 25 heavy (non-hydrogen) atoms. The highest BCUT2D eigenvalue weighted by atomic mass is 32.2. The summed E-state index contributed by atoms with van der Waals surface area (Å²) < 4.78 is 26.6. The van der Waals surface area contributed by atoms with Crippen molar-refractivity contribution < 1.29 is 8.42 Å². The normalized spacial score (nSPS) is 12.2. The van der Waals surface area contributed by atoms with Crippen molar-refractivity contribution in [2.45, 2.75) is 25.3 Å². The van der Waals surface area contributed by atoms with E-state index in [0.717, 1.165) is 10.7 Å². The van der Waals surface area contributed by atoms with Gasteiger partial charge in [0.1, 0.15) is 9.90 Å². The fourth-order valence-electron chi connectivity index (χ4n) is 1.95. The molecule has 0 bridgehead atoms. The Kier molecular flexibility index (Phi) is 6.85. The van der Waals surface area contributed by atoms with Gasteiger partial charge >= 0.3 is 0 Å².